The molecule has 0 aromatic rings. The molecule has 0 saturated heterocycles. The standard InChI is InChI=1S/C6H11F2NO2.ClH/c1-11-6(10)4(9)2-3-5(7)8;/h4-5H,2-3,9H2,1H3;1H/t4-;/m1./s1. The molecule has 0 radical (unpaired) electrons. The molecule has 0 rings (SSSR count). The zero-order valence-electron chi connectivity index (χ0n) is 6.63. The van der Waals surface area contributed by atoms with Gasteiger partial charge in [-0.05, 0) is 6.42 Å². The number of carbonyl (C=O) groups excluding carboxylic acids is 1. The van der Waals surface area contributed by atoms with E-state index in [1.54, 1.807) is 0 Å². The molecule has 0 fully saturated rings. The first-order valence-corrected chi connectivity index (χ1v) is 3.19. The first-order chi connectivity index (χ1) is 5.07. The van der Waals surface area contributed by atoms with Crippen LogP contribution in [0, 0.1) is 0 Å². The summed E-state index contributed by atoms with van der Waals surface area (Å²) in [6.45, 7) is 0. The van der Waals surface area contributed by atoms with Gasteiger partial charge in [-0.3, -0.25) is 4.79 Å². The summed E-state index contributed by atoms with van der Waals surface area (Å²) in [5, 5.41) is 0. The fourth-order valence-corrected chi connectivity index (χ4v) is 0.575. The average Bonchev–Trinajstić information content (AvgIpc) is 1.98. The Bertz CT molecular complexity index is 135. The highest BCUT2D eigenvalue weighted by atomic mass is 35.5. The van der Waals surface area contributed by atoms with Crippen molar-refractivity contribution in [3.05, 3.63) is 0 Å². The van der Waals surface area contributed by atoms with E-state index in [-0.39, 0.29) is 25.2 Å². The highest BCUT2D eigenvalue weighted by Crippen LogP contribution is 2.05. The molecule has 1 atom stereocenters. The van der Waals surface area contributed by atoms with Crippen molar-refractivity contribution >= 4 is 18.4 Å². The first-order valence-electron chi connectivity index (χ1n) is 3.19. The summed E-state index contributed by atoms with van der Waals surface area (Å²) in [6.07, 6.45) is -2.81. The third-order valence-electron chi connectivity index (χ3n) is 1.20. The second-order valence-corrected chi connectivity index (χ2v) is 2.10. The van der Waals surface area contributed by atoms with Crippen molar-refractivity contribution in [3.8, 4) is 0 Å². The largest absolute Gasteiger partial charge is 0.468 e. The molecule has 0 saturated carbocycles. The predicted molar refractivity (Wildman–Crippen MR) is 42.5 cm³/mol. The lowest BCUT2D eigenvalue weighted by Gasteiger charge is -2.07. The number of hydrogen-bond donors (Lipinski definition) is 1. The fourth-order valence-electron chi connectivity index (χ4n) is 0.575. The lowest BCUT2D eigenvalue weighted by atomic mass is 10.2. The summed E-state index contributed by atoms with van der Waals surface area (Å²) >= 11 is 0. The number of nitrogens with two attached hydrogens (primary N) is 1. The van der Waals surface area contributed by atoms with Crippen LogP contribution in [0.4, 0.5) is 8.78 Å². The van der Waals surface area contributed by atoms with E-state index in [4.69, 9.17) is 5.73 Å². The Morgan fingerprint density at radius 2 is 2.00 bits per heavy atom. The number of alkyl halides is 2. The molecule has 0 heterocycles. The second kappa shape index (κ2) is 7.24. The van der Waals surface area contributed by atoms with E-state index in [0.29, 0.717) is 0 Å². The molecule has 0 aromatic carbocycles. The van der Waals surface area contributed by atoms with Crippen LogP contribution < -0.4 is 5.73 Å². The van der Waals surface area contributed by atoms with Gasteiger partial charge in [0.25, 0.3) is 0 Å². The Balaban J connectivity index is 0. The Labute approximate surface area is 75.7 Å². The van der Waals surface area contributed by atoms with Crippen LogP contribution in [-0.4, -0.2) is 25.5 Å². The third kappa shape index (κ3) is 6.30. The number of methoxy groups -OCH3 is 1. The number of rotatable bonds is 4. The van der Waals surface area contributed by atoms with Crippen LogP contribution in [0.3, 0.4) is 0 Å². The minimum atomic E-state index is -2.41. The van der Waals surface area contributed by atoms with Crippen molar-refractivity contribution in [2.75, 3.05) is 7.11 Å². The van der Waals surface area contributed by atoms with Gasteiger partial charge in [0.15, 0.2) is 0 Å². The fraction of sp³-hybridized carbons (Fsp3) is 0.833. The van der Waals surface area contributed by atoms with E-state index in [1.807, 2.05) is 0 Å². The topological polar surface area (TPSA) is 52.3 Å². The highest BCUT2D eigenvalue weighted by molar-refractivity contribution is 5.85. The Kier molecular flexibility index (Phi) is 8.52. The van der Waals surface area contributed by atoms with E-state index in [1.165, 1.54) is 7.11 Å². The van der Waals surface area contributed by atoms with E-state index in [9.17, 15) is 13.6 Å². The number of ether oxygens (including phenoxy) is 1. The molecule has 0 bridgehead atoms. The van der Waals surface area contributed by atoms with E-state index in [2.05, 4.69) is 4.74 Å². The zero-order chi connectivity index (χ0) is 8.85. The van der Waals surface area contributed by atoms with Gasteiger partial charge in [0.2, 0.25) is 6.43 Å². The van der Waals surface area contributed by atoms with Crippen molar-refractivity contribution in [2.45, 2.75) is 25.3 Å². The maximum Gasteiger partial charge on any atom is 0.322 e. The van der Waals surface area contributed by atoms with E-state index in [0.717, 1.165) is 0 Å². The van der Waals surface area contributed by atoms with Gasteiger partial charge in [0.1, 0.15) is 6.04 Å². The summed E-state index contributed by atoms with van der Waals surface area (Å²) in [4.78, 5) is 10.5. The van der Waals surface area contributed by atoms with Crippen LogP contribution in [-0.2, 0) is 9.53 Å². The molecule has 0 unspecified atom stereocenters. The zero-order valence-corrected chi connectivity index (χ0v) is 7.44. The summed E-state index contributed by atoms with van der Waals surface area (Å²) < 4.78 is 27.3. The number of esters is 1. The molecule has 0 aliphatic heterocycles. The van der Waals surface area contributed by atoms with Crippen LogP contribution in [0.25, 0.3) is 0 Å². The molecule has 3 nitrogen and oxygen atoms in total. The van der Waals surface area contributed by atoms with Crippen molar-refractivity contribution in [1.82, 2.24) is 0 Å². The molecule has 12 heavy (non-hydrogen) atoms. The van der Waals surface area contributed by atoms with Crippen LogP contribution in [0.5, 0.6) is 0 Å². The number of carbonyl (C=O) groups is 1. The average molecular weight is 204 g/mol. The van der Waals surface area contributed by atoms with Gasteiger partial charge in [-0.25, -0.2) is 8.78 Å². The third-order valence-corrected chi connectivity index (χ3v) is 1.20. The molecule has 0 aliphatic rings. The lowest BCUT2D eigenvalue weighted by Crippen LogP contribution is -2.31. The van der Waals surface area contributed by atoms with Gasteiger partial charge in [-0.15, -0.1) is 12.4 Å². The van der Waals surface area contributed by atoms with Gasteiger partial charge in [-0.2, -0.15) is 0 Å². The minimum Gasteiger partial charge on any atom is -0.468 e. The van der Waals surface area contributed by atoms with Crippen LogP contribution in [0.2, 0.25) is 0 Å². The summed E-state index contributed by atoms with van der Waals surface area (Å²) in [6, 6.07) is -0.922. The normalized spacial score (nSPS) is 12.1. The van der Waals surface area contributed by atoms with Crippen molar-refractivity contribution in [1.29, 1.82) is 0 Å². The van der Waals surface area contributed by atoms with Gasteiger partial charge in [-0.1, -0.05) is 0 Å². The SMILES string of the molecule is COC(=O)[C@H](N)CCC(F)F.Cl. The number of halogens is 3. The summed E-state index contributed by atoms with van der Waals surface area (Å²) in [5.74, 6) is -0.648. The lowest BCUT2D eigenvalue weighted by molar-refractivity contribution is -0.142. The molecule has 2 N–H and O–H groups in total. The predicted octanol–water partition coefficient (Wildman–Crippen LogP) is 0.954. The van der Waals surface area contributed by atoms with Crippen molar-refractivity contribution < 1.29 is 18.3 Å². The second-order valence-electron chi connectivity index (χ2n) is 2.10. The number of hydrogen-bond acceptors (Lipinski definition) is 3. The molecule has 0 spiro atoms. The monoisotopic (exact) mass is 203 g/mol. The van der Waals surface area contributed by atoms with Gasteiger partial charge in [0, 0.05) is 6.42 Å². The molecular formula is C6H12ClF2NO2. The maximum atomic E-state index is 11.6. The molecule has 0 aliphatic carbocycles. The van der Waals surface area contributed by atoms with Gasteiger partial charge >= 0.3 is 5.97 Å². The Morgan fingerprint density at radius 1 is 1.50 bits per heavy atom. The highest BCUT2D eigenvalue weighted by Gasteiger charge is 2.15. The van der Waals surface area contributed by atoms with E-state index < -0.39 is 18.4 Å². The minimum absolute atomic E-state index is 0. The van der Waals surface area contributed by atoms with Crippen molar-refractivity contribution in [3.63, 3.8) is 0 Å². The Hall–Kier alpha value is -0.420. The van der Waals surface area contributed by atoms with Gasteiger partial charge in [0.05, 0.1) is 7.11 Å². The smallest absolute Gasteiger partial charge is 0.322 e. The van der Waals surface area contributed by atoms with Crippen LogP contribution in [0.1, 0.15) is 12.8 Å². The molecule has 74 valence electrons. The Morgan fingerprint density at radius 3 is 2.33 bits per heavy atom. The molecule has 0 aromatic heterocycles. The first kappa shape index (κ1) is 14.1. The summed E-state index contributed by atoms with van der Waals surface area (Å²) in [7, 11) is 1.17. The maximum absolute atomic E-state index is 11.6. The quantitative estimate of drug-likeness (QED) is 0.693. The van der Waals surface area contributed by atoms with Crippen LogP contribution >= 0.6 is 12.4 Å². The molecule has 0 amide bonds. The van der Waals surface area contributed by atoms with Gasteiger partial charge < -0.3 is 10.5 Å². The molecular weight excluding hydrogens is 192 g/mol. The van der Waals surface area contributed by atoms with Crippen molar-refractivity contribution in [2.24, 2.45) is 5.73 Å². The van der Waals surface area contributed by atoms with E-state index >= 15 is 0 Å². The summed E-state index contributed by atoms with van der Waals surface area (Å²) in [5.41, 5.74) is 5.17. The van der Waals surface area contributed by atoms with Crippen LogP contribution in [0.15, 0.2) is 0 Å². The molecule has 6 heteroatoms.